The normalized spacial score (nSPS) is 21.2. The van der Waals surface area contributed by atoms with E-state index in [0.717, 1.165) is 82.3 Å². The first-order valence-corrected chi connectivity index (χ1v) is 9.74. The number of amides is 1. The first kappa shape index (κ1) is 17.6. The molecule has 0 saturated carbocycles. The van der Waals surface area contributed by atoms with Gasteiger partial charge in [0.1, 0.15) is 0 Å². The molecule has 0 atom stereocenters. The van der Waals surface area contributed by atoms with Crippen LogP contribution >= 0.6 is 0 Å². The standard InChI is InChI=1S/C20H28N2O4/c23-20(4-2-16-1-3-18-19(13-16)26-15-25-18)22-7-5-17(6-8-22)14-21-9-11-24-12-10-21/h1,3,13,17H,2,4-12,14-15H2. The van der Waals surface area contributed by atoms with Crippen molar-refractivity contribution in [2.75, 3.05) is 52.7 Å². The summed E-state index contributed by atoms with van der Waals surface area (Å²) in [6.07, 6.45) is 3.55. The Morgan fingerprint density at radius 3 is 2.62 bits per heavy atom. The van der Waals surface area contributed by atoms with E-state index in [4.69, 9.17) is 14.2 Å². The topological polar surface area (TPSA) is 51.2 Å². The van der Waals surface area contributed by atoms with Crippen LogP contribution < -0.4 is 9.47 Å². The van der Waals surface area contributed by atoms with Gasteiger partial charge in [0, 0.05) is 39.1 Å². The van der Waals surface area contributed by atoms with Crippen LogP contribution in [0.25, 0.3) is 0 Å². The Morgan fingerprint density at radius 2 is 1.81 bits per heavy atom. The zero-order valence-electron chi connectivity index (χ0n) is 15.3. The molecule has 1 amide bonds. The van der Waals surface area contributed by atoms with Gasteiger partial charge in [0.15, 0.2) is 11.5 Å². The first-order valence-electron chi connectivity index (χ1n) is 9.74. The molecule has 0 spiro atoms. The molecule has 0 aromatic heterocycles. The van der Waals surface area contributed by atoms with Crippen molar-refractivity contribution in [2.45, 2.75) is 25.7 Å². The van der Waals surface area contributed by atoms with E-state index in [1.807, 2.05) is 23.1 Å². The van der Waals surface area contributed by atoms with E-state index in [2.05, 4.69) is 4.90 Å². The van der Waals surface area contributed by atoms with Crippen molar-refractivity contribution in [3.05, 3.63) is 23.8 Å². The Hall–Kier alpha value is -1.79. The van der Waals surface area contributed by atoms with Gasteiger partial charge in [-0.2, -0.15) is 0 Å². The van der Waals surface area contributed by atoms with E-state index >= 15 is 0 Å². The van der Waals surface area contributed by atoms with Crippen LogP contribution in [0.3, 0.4) is 0 Å². The third kappa shape index (κ3) is 4.30. The predicted molar refractivity (Wildman–Crippen MR) is 97.4 cm³/mol. The molecule has 2 saturated heterocycles. The number of carbonyl (C=O) groups excluding carboxylic acids is 1. The van der Waals surface area contributed by atoms with Gasteiger partial charge in [-0.15, -0.1) is 0 Å². The quantitative estimate of drug-likeness (QED) is 0.803. The van der Waals surface area contributed by atoms with Crippen LogP contribution in [-0.4, -0.2) is 68.4 Å². The zero-order valence-corrected chi connectivity index (χ0v) is 15.3. The minimum absolute atomic E-state index is 0.271. The summed E-state index contributed by atoms with van der Waals surface area (Å²) in [5.41, 5.74) is 1.13. The number of ether oxygens (including phenoxy) is 3. The Balaban J connectivity index is 1.20. The number of fused-ring (bicyclic) bond motifs is 1. The number of carbonyl (C=O) groups is 1. The molecule has 142 valence electrons. The maximum atomic E-state index is 12.5. The molecule has 6 heteroatoms. The average molecular weight is 360 g/mol. The Morgan fingerprint density at radius 1 is 1.04 bits per heavy atom. The van der Waals surface area contributed by atoms with Crippen molar-refractivity contribution in [1.29, 1.82) is 0 Å². The lowest BCUT2D eigenvalue weighted by Gasteiger charge is -2.36. The van der Waals surface area contributed by atoms with E-state index in [1.54, 1.807) is 0 Å². The van der Waals surface area contributed by atoms with Crippen LogP contribution in [0.15, 0.2) is 18.2 Å². The fourth-order valence-corrected chi connectivity index (χ4v) is 4.02. The molecule has 26 heavy (non-hydrogen) atoms. The smallest absolute Gasteiger partial charge is 0.231 e. The van der Waals surface area contributed by atoms with Gasteiger partial charge in [-0.1, -0.05) is 6.07 Å². The minimum atomic E-state index is 0.271. The second-order valence-corrected chi connectivity index (χ2v) is 7.42. The lowest BCUT2D eigenvalue weighted by Crippen LogP contribution is -2.44. The Kier molecular flexibility index (Phi) is 5.60. The van der Waals surface area contributed by atoms with Gasteiger partial charge < -0.3 is 19.1 Å². The maximum Gasteiger partial charge on any atom is 0.231 e. The van der Waals surface area contributed by atoms with E-state index in [1.165, 1.54) is 0 Å². The minimum Gasteiger partial charge on any atom is -0.454 e. The molecule has 0 aliphatic carbocycles. The fourth-order valence-electron chi connectivity index (χ4n) is 4.02. The van der Waals surface area contributed by atoms with Crippen molar-refractivity contribution < 1.29 is 19.0 Å². The monoisotopic (exact) mass is 360 g/mol. The summed E-state index contributed by atoms with van der Waals surface area (Å²) in [5, 5.41) is 0. The lowest BCUT2D eigenvalue weighted by molar-refractivity contribution is -0.132. The highest BCUT2D eigenvalue weighted by Gasteiger charge is 2.25. The predicted octanol–water partition coefficient (Wildman–Crippen LogP) is 1.92. The van der Waals surface area contributed by atoms with Crippen LogP contribution in [0.1, 0.15) is 24.8 Å². The summed E-state index contributed by atoms with van der Waals surface area (Å²) in [6.45, 7) is 7.06. The van der Waals surface area contributed by atoms with Crippen molar-refractivity contribution in [3.8, 4) is 11.5 Å². The first-order chi connectivity index (χ1) is 12.8. The fraction of sp³-hybridized carbons (Fsp3) is 0.650. The summed E-state index contributed by atoms with van der Waals surface area (Å²) in [6, 6.07) is 5.94. The number of hydrogen-bond donors (Lipinski definition) is 0. The molecule has 4 rings (SSSR count). The Bertz CT molecular complexity index is 622. The van der Waals surface area contributed by atoms with Gasteiger partial charge in [0.2, 0.25) is 12.7 Å². The number of aryl methyl sites for hydroxylation is 1. The van der Waals surface area contributed by atoms with Gasteiger partial charge in [-0.3, -0.25) is 9.69 Å². The largest absolute Gasteiger partial charge is 0.454 e. The number of likely N-dealkylation sites (tertiary alicyclic amines) is 1. The second kappa shape index (κ2) is 8.27. The molecule has 0 radical (unpaired) electrons. The van der Waals surface area contributed by atoms with Crippen LogP contribution in [-0.2, 0) is 16.0 Å². The summed E-state index contributed by atoms with van der Waals surface area (Å²) in [4.78, 5) is 17.1. The lowest BCUT2D eigenvalue weighted by atomic mass is 9.95. The van der Waals surface area contributed by atoms with Crippen molar-refractivity contribution in [2.24, 2.45) is 5.92 Å². The van der Waals surface area contributed by atoms with Crippen LogP contribution in [0, 0.1) is 5.92 Å². The third-order valence-electron chi connectivity index (χ3n) is 5.65. The molecule has 0 N–H and O–H groups in total. The zero-order chi connectivity index (χ0) is 17.8. The second-order valence-electron chi connectivity index (χ2n) is 7.42. The van der Waals surface area contributed by atoms with E-state index in [0.29, 0.717) is 12.3 Å². The van der Waals surface area contributed by atoms with Crippen LogP contribution in [0.4, 0.5) is 0 Å². The van der Waals surface area contributed by atoms with Crippen molar-refractivity contribution in [3.63, 3.8) is 0 Å². The molecule has 3 aliphatic rings. The van der Waals surface area contributed by atoms with Gasteiger partial charge in [0.25, 0.3) is 0 Å². The molecule has 0 unspecified atom stereocenters. The number of morpholine rings is 1. The van der Waals surface area contributed by atoms with Gasteiger partial charge in [-0.25, -0.2) is 0 Å². The van der Waals surface area contributed by atoms with Crippen LogP contribution in [0.2, 0.25) is 0 Å². The van der Waals surface area contributed by atoms with E-state index in [-0.39, 0.29) is 12.7 Å². The summed E-state index contributed by atoms with van der Waals surface area (Å²) < 4.78 is 16.2. The van der Waals surface area contributed by atoms with Gasteiger partial charge in [-0.05, 0) is 42.9 Å². The molecule has 1 aromatic carbocycles. The SMILES string of the molecule is O=C(CCc1ccc2c(c1)OCO2)N1CCC(CN2CCOCC2)CC1. The highest BCUT2D eigenvalue weighted by molar-refractivity contribution is 5.76. The van der Waals surface area contributed by atoms with Gasteiger partial charge >= 0.3 is 0 Å². The molecule has 2 fully saturated rings. The maximum absolute atomic E-state index is 12.5. The number of benzene rings is 1. The van der Waals surface area contributed by atoms with E-state index < -0.39 is 0 Å². The van der Waals surface area contributed by atoms with Crippen molar-refractivity contribution in [1.82, 2.24) is 9.80 Å². The molecular weight excluding hydrogens is 332 g/mol. The summed E-state index contributed by atoms with van der Waals surface area (Å²) in [5.74, 6) is 2.57. The molecular formula is C20H28N2O4. The number of nitrogens with zero attached hydrogens (tertiary/aromatic N) is 2. The third-order valence-corrected chi connectivity index (χ3v) is 5.65. The highest BCUT2D eigenvalue weighted by atomic mass is 16.7. The van der Waals surface area contributed by atoms with Crippen LogP contribution in [0.5, 0.6) is 11.5 Å². The van der Waals surface area contributed by atoms with E-state index in [9.17, 15) is 4.79 Å². The molecule has 3 heterocycles. The van der Waals surface area contributed by atoms with Gasteiger partial charge in [0.05, 0.1) is 13.2 Å². The summed E-state index contributed by atoms with van der Waals surface area (Å²) >= 11 is 0. The number of hydrogen-bond acceptors (Lipinski definition) is 5. The molecule has 6 nitrogen and oxygen atoms in total. The number of piperidine rings is 1. The average Bonchev–Trinajstić information content (AvgIpc) is 3.15. The Labute approximate surface area is 155 Å². The summed E-state index contributed by atoms with van der Waals surface area (Å²) in [7, 11) is 0. The highest BCUT2D eigenvalue weighted by Crippen LogP contribution is 2.32. The molecule has 3 aliphatic heterocycles. The molecule has 1 aromatic rings. The van der Waals surface area contributed by atoms with Crippen molar-refractivity contribution >= 4 is 5.91 Å². The molecule has 0 bridgehead atoms. The number of rotatable bonds is 5.